The van der Waals surface area contributed by atoms with Gasteiger partial charge in [0, 0.05) is 5.92 Å². The Balaban J connectivity index is 1.47. The Morgan fingerprint density at radius 3 is 2.06 bits per heavy atom. The average molecular weight is 444 g/mol. The summed E-state index contributed by atoms with van der Waals surface area (Å²) < 4.78 is 5.59. The van der Waals surface area contributed by atoms with Crippen molar-refractivity contribution < 1.29 is 19.1 Å². The van der Waals surface area contributed by atoms with Crippen molar-refractivity contribution in [1.29, 1.82) is 0 Å². The quantitative estimate of drug-likeness (QED) is 0.367. The molecule has 0 unspecified atom stereocenters. The average Bonchev–Trinajstić information content (AvgIpc) is 3.15. The monoisotopic (exact) mass is 443 g/mol. The van der Waals surface area contributed by atoms with E-state index >= 15 is 0 Å². The molecule has 3 N–H and O–H groups in total. The molecule has 0 saturated carbocycles. The molecule has 4 rings (SSSR count). The van der Waals surface area contributed by atoms with Crippen LogP contribution in [0, 0.1) is 0 Å². The zero-order valence-corrected chi connectivity index (χ0v) is 18.2. The molecule has 3 amide bonds. The number of hydrogen-bond acceptors (Lipinski definition) is 4. The molecular weight excluding hydrogens is 418 g/mol. The Labute approximate surface area is 192 Å². The van der Waals surface area contributed by atoms with Crippen LogP contribution in [0.1, 0.15) is 35.6 Å². The molecule has 3 aromatic carbocycles. The summed E-state index contributed by atoms with van der Waals surface area (Å²) in [6, 6.07) is 24.1. The lowest BCUT2D eigenvalue weighted by atomic mass is 9.98. The van der Waals surface area contributed by atoms with Gasteiger partial charge >= 0.3 is 6.09 Å². The van der Waals surface area contributed by atoms with Crippen LogP contribution in [0.25, 0.3) is 11.1 Å². The Morgan fingerprint density at radius 2 is 1.45 bits per heavy atom. The lowest BCUT2D eigenvalue weighted by molar-refractivity contribution is -0.124. The summed E-state index contributed by atoms with van der Waals surface area (Å²) in [6.45, 7) is 1.77. The van der Waals surface area contributed by atoms with Gasteiger partial charge in [-0.2, -0.15) is 0 Å². The molecule has 168 valence electrons. The van der Waals surface area contributed by atoms with Crippen molar-refractivity contribution in [3.05, 3.63) is 95.6 Å². The van der Waals surface area contributed by atoms with Gasteiger partial charge < -0.3 is 20.7 Å². The van der Waals surface area contributed by atoms with Crippen LogP contribution in [0.3, 0.4) is 0 Å². The normalized spacial score (nSPS) is 13.7. The van der Waals surface area contributed by atoms with Crippen molar-refractivity contribution in [2.75, 3.05) is 6.61 Å². The van der Waals surface area contributed by atoms with Crippen LogP contribution in [0.5, 0.6) is 0 Å². The number of hydrogen-bond donors (Lipinski definition) is 3. The summed E-state index contributed by atoms with van der Waals surface area (Å²) in [4.78, 5) is 36.2. The predicted molar refractivity (Wildman–Crippen MR) is 124 cm³/mol. The largest absolute Gasteiger partial charge is 0.449 e. The molecule has 0 heterocycles. The second-order valence-corrected chi connectivity index (χ2v) is 7.83. The molecule has 33 heavy (non-hydrogen) atoms. The van der Waals surface area contributed by atoms with Crippen LogP contribution in [0.4, 0.5) is 4.79 Å². The zero-order chi connectivity index (χ0) is 23.2. The van der Waals surface area contributed by atoms with Crippen molar-refractivity contribution in [2.45, 2.75) is 25.0 Å². The number of fused-ring (bicyclic) bond motifs is 3. The molecule has 7 nitrogen and oxygen atoms in total. The first-order valence-corrected chi connectivity index (χ1v) is 10.7. The van der Waals surface area contributed by atoms with Crippen LogP contribution in [0.2, 0.25) is 0 Å². The number of carbonyl (C=O) groups is 3. The Kier molecular flexibility index (Phi) is 6.69. The summed E-state index contributed by atoms with van der Waals surface area (Å²) in [7, 11) is 0. The van der Waals surface area contributed by atoms with Crippen LogP contribution in [0.15, 0.2) is 78.9 Å². The number of amides is 3. The van der Waals surface area contributed by atoms with Crippen LogP contribution < -0.4 is 16.0 Å². The van der Waals surface area contributed by atoms with Gasteiger partial charge in [-0.3, -0.25) is 9.59 Å². The molecule has 0 bridgehead atoms. The fourth-order valence-corrected chi connectivity index (χ4v) is 4.14. The predicted octanol–water partition coefficient (Wildman–Crippen LogP) is 3.47. The first kappa shape index (κ1) is 22.1. The molecule has 7 heteroatoms. The molecule has 2 atom stereocenters. The number of rotatable bonds is 8. The molecule has 1 aliphatic rings. The van der Waals surface area contributed by atoms with Crippen molar-refractivity contribution in [3.8, 4) is 11.1 Å². The highest BCUT2D eigenvalue weighted by atomic mass is 16.5. The summed E-state index contributed by atoms with van der Waals surface area (Å²) in [5.41, 5.74) is 5.10. The van der Waals surface area contributed by atoms with E-state index < -0.39 is 24.2 Å². The van der Waals surface area contributed by atoms with Gasteiger partial charge in [0.1, 0.15) is 12.6 Å². The summed E-state index contributed by atoms with van der Waals surface area (Å²) in [6.07, 6.45) is -0.788. The molecule has 0 fully saturated rings. The van der Waals surface area contributed by atoms with Gasteiger partial charge in [-0.25, -0.2) is 4.79 Å². The number of ether oxygens (including phenoxy) is 1. The first-order valence-electron chi connectivity index (χ1n) is 10.7. The van der Waals surface area contributed by atoms with E-state index in [9.17, 15) is 14.4 Å². The minimum atomic E-state index is -0.974. The third kappa shape index (κ3) is 4.87. The topological polar surface area (TPSA) is 96.5 Å². The van der Waals surface area contributed by atoms with Crippen LogP contribution in [-0.2, 0) is 14.3 Å². The summed E-state index contributed by atoms with van der Waals surface area (Å²) >= 11 is 0. The third-order valence-electron chi connectivity index (χ3n) is 5.68. The van der Waals surface area contributed by atoms with Gasteiger partial charge in [0.15, 0.2) is 0 Å². The fourth-order valence-electron chi connectivity index (χ4n) is 4.14. The highest BCUT2D eigenvalue weighted by Crippen LogP contribution is 2.44. The lowest BCUT2D eigenvalue weighted by Crippen LogP contribution is -2.48. The summed E-state index contributed by atoms with van der Waals surface area (Å²) in [5.74, 6) is -0.541. The lowest BCUT2D eigenvalue weighted by Gasteiger charge is -2.22. The minimum Gasteiger partial charge on any atom is -0.449 e. The molecule has 0 spiro atoms. The number of carbonyl (C=O) groups excluding carboxylic acids is 3. The van der Waals surface area contributed by atoms with E-state index in [0.717, 1.165) is 22.3 Å². The highest BCUT2D eigenvalue weighted by molar-refractivity contribution is 5.87. The SMILES string of the molecule is C[C@@H](NC=O)NC(=O)[C@@H](NC(=O)OCC1c2ccccc2-c2ccccc21)c1ccccc1. The molecule has 1 aliphatic carbocycles. The van der Waals surface area contributed by atoms with Crippen LogP contribution in [-0.4, -0.2) is 31.2 Å². The molecule has 0 radical (unpaired) electrons. The minimum absolute atomic E-state index is 0.0797. The smallest absolute Gasteiger partial charge is 0.408 e. The fraction of sp³-hybridized carbons (Fsp3) is 0.192. The number of benzene rings is 3. The Morgan fingerprint density at radius 1 is 0.879 bits per heavy atom. The molecular formula is C26H25N3O4. The van der Waals surface area contributed by atoms with Gasteiger partial charge in [0.2, 0.25) is 12.3 Å². The van der Waals surface area contributed by atoms with E-state index in [1.807, 2.05) is 42.5 Å². The second-order valence-electron chi connectivity index (χ2n) is 7.83. The van der Waals surface area contributed by atoms with Gasteiger partial charge in [-0.05, 0) is 34.7 Å². The standard InChI is InChI=1S/C26H25N3O4/c1-17(27-16-30)28-25(31)24(18-9-3-2-4-10-18)29-26(32)33-15-23-21-13-7-5-11-19(21)20-12-6-8-14-22(20)23/h2-14,16-17,23-24H,15H2,1H3,(H,27,30)(H,28,31)(H,29,32)/t17-,24-/m0/s1. The Hall–Kier alpha value is -4.13. The van der Waals surface area contributed by atoms with Crippen molar-refractivity contribution in [3.63, 3.8) is 0 Å². The Bertz CT molecular complexity index is 1100. The second kappa shape index (κ2) is 9.99. The molecule has 3 aromatic rings. The number of nitrogens with one attached hydrogen (secondary N) is 3. The highest BCUT2D eigenvalue weighted by Gasteiger charge is 2.30. The maximum Gasteiger partial charge on any atom is 0.408 e. The zero-order valence-electron chi connectivity index (χ0n) is 18.2. The van der Waals surface area contributed by atoms with E-state index in [4.69, 9.17) is 4.74 Å². The first-order chi connectivity index (χ1) is 16.1. The van der Waals surface area contributed by atoms with Crippen LogP contribution >= 0.6 is 0 Å². The van der Waals surface area contributed by atoms with E-state index in [0.29, 0.717) is 12.0 Å². The molecule has 0 saturated heterocycles. The van der Waals surface area contributed by atoms with Gasteiger partial charge in [-0.1, -0.05) is 78.9 Å². The van der Waals surface area contributed by atoms with Gasteiger partial charge in [0.25, 0.3) is 0 Å². The van der Waals surface area contributed by atoms with Crippen molar-refractivity contribution >= 4 is 18.4 Å². The third-order valence-corrected chi connectivity index (χ3v) is 5.68. The van der Waals surface area contributed by atoms with Gasteiger partial charge in [-0.15, -0.1) is 0 Å². The van der Waals surface area contributed by atoms with E-state index in [-0.39, 0.29) is 12.5 Å². The van der Waals surface area contributed by atoms with E-state index in [2.05, 4.69) is 28.1 Å². The van der Waals surface area contributed by atoms with E-state index in [1.54, 1.807) is 31.2 Å². The summed E-state index contributed by atoms with van der Waals surface area (Å²) in [5, 5.41) is 7.78. The maximum atomic E-state index is 12.8. The van der Waals surface area contributed by atoms with Crippen molar-refractivity contribution in [2.24, 2.45) is 0 Å². The molecule has 0 aliphatic heterocycles. The number of alkyl carbamates (subject to hydrolysis) is 1. The maximum absolute atomic E-state index is 12.8. The van der Waals surface area contributed by atoms with Gasteiger partial charge in [0.05, 0.1) is 6.17 Å². The van der Waals surface area contributed by atoms with E-state index in [1.165, 1.54) is 0 Å². The molecule has 0 aromatic heterocycles. The van der Waals surface area contributed by atoms with Crippen molar-refractivity contribution in [1.82, 2.24) is 16.0 Å².